The number of rotatable bonds is 3. The second-order valence-corrected chi connectivity index (χ2v) is 4.97. The van der Waals surface area contributed by atoms with E-state index in [1.165, 1.54) is 6.33 Å². The van der Waals surface area contributed by atoms with E-state index < -0.39 is 0 Å². The Morgan fingerprint density at radius 1 is 1.05 bits per heavy atom. The Morgan fingerprint density at radius 3 is 2.86 bits per heavy atom. The molecule has 0 aliphatic heterocycles. The van der Waals surface area contributed by atoms with Crippen LogP contribution in [0.4, 0.5) is 0 Å². The van der Waals surface area contributed by atoms with E-state index >= 15 is 0 Å². The van der Waals surface area contributed by atoms with Crippen molar-refractivity contribution in [3.05, 3.63) is 60.7 Å². The quantitative estimate of drug-likeness (QED) is 0.575. The Balaban J connectivity index is 1.76. The average Bonchev–Trinajstić information content (AvgIpc) is 3.18. The molecule has 7 nitrogen and oxygen atoms in total. The van der Waals surface area contributed by atoms with E-state index in [9.17, 15) is 0 Å². The van der Waals surface area contributed by atoms with Gasteiger partial charge in [0, 0.05) is 18.6 Å². The largest absolute Gasteiger partial charge is 0.324 e. The molecule has 7 heteroatoms. The van der Waals surface area contributed by atoms with Gasteiger partial charge in [-0.1, -0.05) is 6.07 Å². The van der Waals surface area contributed by atoms with Crippen LogP contribution in [0.1, 0.15) is 11.4 Å². The van der Waals surface area contributed by atoms with Crippen molar-refractivity contribution in [1.29, 1.82) is 0 Å². The molecule has 0 fully saturated rings. The highest BCUT2D eigenvalue weighted by atomic mass is 15.3. The van der Waals surface area contributed by atoms with Crippen molar-refractivity contribution < 1.29 is 0 Å². The zero-order chi connectivity index (χ0) is 14.9. The third-order valence-corrected chi connectivity index (χ3v) is 3.41. The Bertz CT molecular complexity index is 920. The first-order valence-corrected chi connectivity index (χ1v) is 6.89. The lowest BCUT2D eigenvalue weighted by Crippen LogP contribution is -2.06. The van der Waals surface area contributed by atoms with Gasteiger partial charge in [-0.25, -0.2) is 14.5 Å². The first-order valence-electron chi connectivity index (χ1n) is 6.89. The monoisotopic (exact) mass is 291 g/mol. The molecule has 0 radical (unpaired) electrons. The topological polar surface area (TPSA) is 73.8 Å². The van der Waals surface area contributed by atoms with Crippen LogP contribution in [-0.4, -0.2) is 34.1 Å². The SMILES string of the molecule is Cc1cnc(Cn2ccnc2-c2cccc3ncnn23)cn1. The van der Waals surface area contributed by atoms with Crippen LogP contribution in [0.3, 0.4) is 0 Å². The van der Waals surface area contributed by atoms with Gasteiger partial charge < -0.3 is 4.57 Å². The van der Waals surface area contributed by atoms with Gasteiger partial charge in [0.1, 0.15) is 12.0 Å². The summed E-state index contributed by atoms with van der Waals surface area (Å²) in [6, 6.07) is 5.83. The molecule has 0 unspecified atom stereocenters. The molecule has 0 aliphatic carbocycles. The van der Waals surface area contributed by atoms with Crippen LogP contribution in [0.2, 0.25) is 0 Å². The van der Waals surface area contributed by atoms with E-state index in [1.807, 2.05) is 35.9 Å². The van der Waals surface area contributed by atoms with Gasteiger partial charge in [0.05, 0.1) is 24.1 Å². The smallest absolute Gasteiger partial charge is 0.159 e. The second-order valence-electron chi connectivity index (χ2n) is 4.97. The van der Waals surface area contributed by atoms with Crippen molar-refractivity contribution >= 4 is 5.65 Å². The van der Waals surface area contributed by atoms with Gasteiger partial charge in [-0.2, -0.15) is 5.10 Å². The minimum absolute atomic E-state index is 0.605. The number of nitrogens with zero attached hydrogens (tertiary/aromatic N) is 7. The van der Waals surface area contributed by atoms with E-state index in [-0.39, 0.29) is 0 Å². The molecular weight excluding hydrogens is 278 g/mol. The van der Waals surface area contributed by atoms with Crippen LogP contribution >= 0.6 is 0 Å². The number of imidazole rings is 1. The number of aryl methyl sites for hydroxylation is 1. The standard InChI is InChI=1S/C15H13N7/c1-11-7-18-12(8-17-11)9-21-6-5-16-15(21)13-3-2-4-14-19-10-20-22(13)14/h2-8,10H,9H2,1H3. The molecule has 4 aromatic heterocycles. The van der Waals surface area contributed by atoms with Gasteiger partial charge in [-0.05, 0) is 19.1 Å². The summed E-state index contributed by atoms with van der Waals surface area (Å²) in [6.45, 7) is 2.53. The number of fused-ring (bicyclic) bond motifs is 1. The molecule has 0 saturated heterocycles. The summed E-state index contributed by atoms with van der Waals surface area (Å²) in [4.78, 5) is 17.3. The minimum atomic E-state index is 0.605. The number of hydrogen-bond donors (Lipinski definition) is 0. The van der Waals surface area contributed by atoms with Gasteiger partial charge in [-0.3, -0.25) is 9.97 Å². The Hall–Kier alpha value is -3.09. The summed E-state index contributed by atoms with van der Waals surface area (Å²) in [5.74, 6) is 0.818. The van der Waals surface area contributed by atoms with Crippen LogP contribution in [-0.2, 0) is 6.54 Å². The van der Waals surface area contributed by atoms with Crippen LogP contribution in [0.5, 0.6) is 0 Å². The first kappa shape index (κ1) is 12.6. The maximum absolute atomic E-state index is 4.46. The summed E-state index contributed by atoms with van der Waals surface area (Å²) in [7, 11) is 0. The van der Waals surface area contributed by atoms with Crippen molar-refractivity contribution in [1.82, 2.24) is 34.1 Å². The van der Waals surface area contributed by atoms with Crippen LogP contribution in [0.25, 0.3) is 17.2 Å². The molecule has 0 saturated carbocycles. The summed E-state index contributed by atoms with van der Waals surface area (Å²) < 4.78 is 3.80. The third-order valence-electron chi connectivity index (χ3n) is 3.41. The number of aromatic nitrogens is 7. The molecule has 4 rings (SSSR count). The fourth-order valence-corrected chi connectivity index (χ4v) is 2.36. The fraction of sp³-hybridized carbons (Fsp3) is 0.133. The molecule has 4 heterocycles. The van der Waals surface area contributed by atoms with Gasteiger partial charge >= 0.3 is 0 Å². The van der Waals surface area contributed by atoms with E-state index in [4.69, 9.17) is 0 Å². The first-order chi connectivity index (χ1) is 10.8. The van der Waals surface area contributed by atoms with Crippen molar-refractivity contribution in [3.63, 3.8) is 0 Å². The lowest BCUT2D eigenvalue weighted by atomic mass is 10.3. The molecular formula is C15H13N7. The minimum Gasteiger partial charge on any atom is -0.324 e. The van der Waals surface area contributed by atoms with E-state index in [1.54, 1.807) is 23.1 Å². The lowest BCUT2D eigenvalue weighted by molar-refractivity contribution is 0.765. The number of pyridine rings is 1. The maximum atomic E-state index is 4.46. The van der Waals surface area contributed by atoms with Crippen LogP contribution < -0.4 is 0 Å². The highest BCUT2D eigenvalue weighted by Gasteiger charge is 2.11. The van der Waals surface area contributed by atoms with E-state index in [0.29, 0.717) is 6.54 Å². The molecule has 22 heavy (non-hydrogen) atoms. The van der Waals surface area contributed by atoms with E-state index in [2.05, 4.69) is 25.0 Å². The highest BCUT2D eigenvalue weighted by Crippen LogP contribution is 2.18. The van der Waals surface area contributed by atoms with Gasteiger partial charge in [-0.15, -0.1) is 0 Å². The van der Waals surface area contributed by atoms with Crippen molar-refractivity contribution in [2.75, 3.05) is 0 Å². The Labute approximate surface area is 126 Å². The highest BCUT2D eigenvalue weighted by molar-refractivity contribution is 5.56. The van der Waals surface area contributed by atoms with Crippen LogP contribution in [0.15, 0.2) is 49.3 Å². The van der Waals surface area contributed by atoms with E-state index in [0.717, 1.165) is 28.6 Å². The molecule has 0 aliphatic rings. The molecule has 0 amide bonds. The van der Waals surface area contributed by atoms with Gasteiger partial charge in [0.25, 0.3) is 0 Å². The zero-order valence-electron chi connectivity index (χ0n) is 12.0. The third kappa shape index (κ3) is 2.12. The molecule has 0 N–H and O–H groups in total. The Kier molecular flexibility index (Phi) is 2.89. The predicted octanol–water partition coefficient (Wildman–Crippen LogP) is 1.74. The molecule has 0 bridgehead atoms. The van der Waals surface area contributed by atoms with Crippen molar-refractivity contribution in [3.8, 4) is 11.5 Å². The van der Waals surface area contributed by atoms with Gasteiger partial charge in [0.15, 0.2) is 11.5 Å². The normalized spacial score (nSPS) is 11.1. The molecule has 108 valence electrons. The summed E-state index contributed by atoms with van der Waals surface area (Å²) in [6.07, 6.45) is 8.79. The van der Waals surface area contributed by atoms with Crippen molar-refractivity contribution in [2.45, 2.75) is 13.5 Å². The zero-order valence-corrected chi connectivity index (χ0v) is 12.0. The van der Waals surface area contributed by atoms with Crippen molar-refractivity contribution in [2.24, 2.45) is 0 Å². The Morgan fingerprint density at radius 2 is 2.00 bits per heavy atom. The molecule has 0 atom stereocenters. The lowest BCUT2D eigenvalue weighted by Gasteiger charge is -2.08. The maximum Gasteiger partial charge on any atom is 0.159 e. The van der Waals surface area contributed by atoms with Gasteiger partial charge in [0.2, 0.25) is 0 Å². The summed E-state index contributed by atoms with van der Waals surface area (Å²) >= 11 is 0. The number of hydrogen-bond acceptors (Lipinski definition) is 5. The summed E-state index contributed by atoms with van der Waals surface area (Å²) in [5.41, 5.74) is 3.47. The fourth-order valence-electron chi connectivity index (χ4n) is 2.36. The molecule has 0 aromatic carbocycles. The molecule has 4 aromatic rings. The average molecular weight is 291 g/mol. The summed E-state index contributed by atoms with van der Waals surface area (Å²) in [5, 5.41) is 4.26. The second kappa shape index (κ2) is 5.03. The predicted molar refractivity (Wildman–Crippen MR) is 80.1 cm³/mol. The van der Waals surface area contributed by atoms with Crippen LogP contribution in [0, 0.1) is 6.92 Å². The molecule has 0 spiro atoms.